The largest absolute Gasteiger partial charge is 0.416 e. The first-order valence-corrected chi connectivity index (χ1v) is 9.57. The molecule has 7 heteroatoms. The van der Waals surface area contributed by atoms with Crippen LogP contribution >= 0.6 is 12.4 Å². The fraction of sp³-hybridized carbons (Fsp3) is 0.650. The van der Waals surface area contributed by atoms with E-state index in [1.54, 1.807) is 6.07 Å². The van der Waals surface area contributed by atoms with E-state index in [4.69, 9.17) is 0 Å². The van der Waals surface area contributed by atoms with E-state index in [2.05, 4.69) is 10.6 Å². The molecule has 1 amide bonds. The van der Waals surface area contributed by atoms with Crippen molar-refractivity contribution in [2.75, 3.05) is 0 Å². The molecule has 2 saturated heterocycles. The van der Waals surface area contributed by atoms with Gasteiger partial charge in [-0.3, -0.25) is 4.79 Å². The van der Waals surface area contributed by atoms with Crippen molar-refractivity contribution in [3.05, 3.63) is 35.4 Å². The lowest BCUT2D eigenvalue weighted by molar-refractivity contribution is -0.137. The number of hydrogen-bond acceptors (Lipinski definition) is 2. The van der Waals surface area contributed by atoms with Crippen LogP contribution in [0.1, 0.15) is 69.0 Å². The summed E-state index contributed by atoms with van der Waals surface area (Å²) in [7, 11) is 0. The second-order valence-electron chi connectivity index (χ2n) is 7.71. The van der Waals surface area contributed by atoms with Crippen molar-refractivity contribution in [2.45, 2.75) is 76.2 Å². The molecular formula is C20H28ClF3N2O. The van der Waals surface area contributed by atoms with Crippen LogP contribution in [0, 0.1) is 5.92 Å². The third kappa shape index (κ3) is 5.85. The smallest absolute Gasteiger partial charge is 0.349 e. The van der Waals surface area contributed by atoms with Gasteiger partial charge in [0.15, 0.2) is 0 Å². The number of halogens is 4. The summed E-state index contributed by atoms with van der Waals surface area (Å²) in [6.07, 6.45) is 1.93. The molecule has 2 fully saturated rings. The Bertz CT molecular complexity index is 626. The summed E-state index contributed by atoms with van der Waals surface area (Å²) in [4.78, 5) is 12.5. The highest BCUT2D eigenvalue weighted by Gasteiger charge is 2.34. The summed E-state index contributed by atoms with van der Waals surface area (Å²) in [6.45, 7) is 1.97. The molecule has 1 aromatic rings. The maximum atomic E-state index is 13.0. The lowest BCUT2D eigenvalue weighted by atomic mass is 9.89. The van der Waals surface area contributed by atoms with Gasteiger partial charge in [0.25, 0.3) is 0 Å². The summed E-state index contributed by atoms with van der Waals surface area (Å²) in [5.41, 5.74) is -0.138. The van der Waals surface area contributed by atoms with Gasteiger partial charge in [-0.25, -0.2) is 0 Å². The van der Waals surface area contributed by atoms with E-state index >= 15 is 0 Å². The number of alkyl halides is 3. The highest BCUT2D eigenvalue weighted by molar-refractivity contribution is 5.85. The molecule has 1 aromatic carbocycles. The molecule has 0 saturated carbocycles. The second kappa shape index (κ2) is 9.28. The highest BCUT2D eigenvalue weighted by Crippen LogP contribution is 2.34. The quantitative estimate of drug-likeness (QED) is 0.700. The molecule has 0 radical (unpaired) electrons. The van der Waals surface area contributed by atoms with Crippen molar-refractivity contribution in [1.29, 1.82) is 0 Å². The van der Waals surface area contributed by atoms with Crippen LogP contribution in [0.25, 0.3) is 0 Å². The van der Waals surface area contributed by atoms with E-state index in [-0.39, 0.29) is 24.4 Å². The first kappa shape index (κ1) is 22.0. The molecule has 3 unspecified atom stereocenters. The number of hydrogen-bond donors (Lipinski definition) is 2. The molecule has 2 aliphatic heterocycles. The summed E-state index contributed by atoms with van der Waals surface area (Å²) in [5.74, 6) is 0.324. The summed E-state index contributed by atoms with van der Waals surface area (Å²) >= 11 is 0. The molecule has 0 aromatic heterocycles. The number of carbonyl (C=O) groups excluding carboxylic acids is 1. The SMILES string of the molecule is CCCC(NC(=O)CC1CC2CCC(C1)N2)c1cccc(C(F)(F)F)c1.Cl. The average molecular weight is 405 g/mol. The molecule has 3 nitrogen and oxygen atoms in total. The number of nitrogens with one attached hydrogen (secondary N) is 2. The lowest BCUT2D eigenvalue weighted by Gasteiger charge is -2.29. The first-order valence-electron chi connectivity index (χ1n) is 9.57. The molecule has 0 spiro atoms. The lowest BCUT2D eigenvalue weighted by Crippen LogP contribution is -2.40. The van der Waals surface area contributed by atoms with Crippen LogP contribution in [0.2, 0.25) is 0 Å². The van der Waals surface area contributed by atoms with Crippen molar-refractivity contribution in [1.82, 2.24) is 10.6 Å². The van der Waals surface area contributed by atoms with E-state index in [9.17, 15) is 18.0 Å². The Morgan fingerprint density at radius 2 is 1.93 bits per heavy atom. The minimum absolute atomic E-state index is 0. The molecule has 2 aliphatic rings. The second-order valence-corrected chi connectivity index (χ2v) is 7.71. The van der Waals surface area contributed by atoms with Crippen LogP contribution in [0.4, 0.5) is 13.2 Å². The first-order chi connectivity index (χ1) is 12.3. The Labute approximate surface area is 164 Å². The zero-order valence-electron chi connectivity index (χ0n) is 15.5. The summed E-state index contributed by atoms with van der Waals surface area (Å²) in [6, 6.07) is 6.00. The fourth-order valence-corrected chi connectivity index (χ4v) is 4.40. The van der Waals surface area contributed by atoms with E-state index < -0.39 is 11.7 Å². The summed E-state index contributed by atoms with van der Waals surface area (Å²) < 4.78 is 38.9. The average Bonchev–Trinajstić information content (AvgIpc) is 2.92. The predicted molar refractivity (Wildman–Crippen MR) is 102 cm³/mol. The molecule has 2 heterocycles. The number of benzene rings is 1. The van der Waals surface area contributed by atoms with Crippen LogP contribution in [0.3, 0.4) is 0 Å². The molecule has 152 valence electrons. The third-order valence-corrected chi connectivity index (χ3v) is 5.57. The number of carbonyl (C=O) groups is 1. The van der Waals surface area contributed by atoms with Gasteiger partial charge in [0.05, 0.1) is 11.6 Å². The molecule has 3 atom stereocenters. The van der Waals surface area contributed by atoms with Crippen molar-refractivity contribution >= 4 is 18.3 Å². The topological polar surface area (TPSA) is 41.1 Å². The van der Waals surface area contributed by atoms with Crippen molar-refractivity contribution in [3.63, 3.8) is 0 Å². The number of piperidine rings is 1. The van der Waals surface area contributed by atoms with Gasteiger partial charge in [0.1, 0.15) is 0 Å². The fourth-order valence-electron chi connectivity index (χ4n) is 4.40. The van der Waals surface area contributed by atoms with Gasteiger partial charge in [-0.05, 0) is 55.7 Å². The van der Waals surface area contributed by atoms with E-state index in [0.29, 0.717) is 36.4 Å². The third-order valence-electron chi connectivity index (χ3n) is 5.57. The Balaban J connectivity index is 0.00000261. The van der Waals surface area contributed by atoms with Gasteiger partial charge in [-0.15, -0.1) is 12.4 Å². The predicted octanol–water partition coefficient (Wildman–Crippen LogP) is 5.01. The van der Waals surface area contributed by atoms with Crippen LogP contribution in [0.15, 0.2) is 24.3 Å². The maximum absolute atomic E-state index is 13.0. The Morgan fingerprint density at radius 3 is 2.52 bits per heavy atom. The van der Waals surface area contributed by atoms with Crippen molar-refractivity contribution in [3.8, 4) is 0 Å². The zero-order valence-corrected chi connectivity index (χ0v) is 16.3. The molecule has 3 rings (SSSR count). The van der Waals surface area contributed by atoms with Crippen LogP contribution in [-0.2, 0) is 11.0 Å². The maximum Gasteiger partial charge on any atom is 0.416 e. The van der Waals surface area contributed by atoms with Gasteiger partial charge in [0.2, 0.25) is 5.91 Å². The van der Waals surface area contributed by atoms with Crippen LogP contribution in [0.5, 0.6) is 0 Å². The van der Waals surface area contributed by atoms with Gasteiger partial charge in [-0.1, -0.05) is 25.5 Å². The van der Waals surface area contributed by atoms with E-state index in [1.165, 1.54) is 18.9 Å². The van der Waals surface area contributed by atoms with Gasteiger partial charge < -0.3 is 10.6 Å². The summed E-state index contributed by atoms with van der Waals surface area (Å²) in [5, 5.41) is 6.55. The van der Waals surface area contributed by atoms with Gasteiger partial charge in [-0.2, -0.15) is 13.2 Å². The van der Waals surface area contributed by atoms with Crippen molar-refractivity contribution in [2.24, 2.45) is 5.92 Å². The monoisotopic (exact) mass is 404 g/mol. The molecule has 2 N–H and O–H groups in total. The molecule has 27 heavy (non-hydrogen) atoms. The normalized spacial score (nSPS) is 25.6. The van der Waals surface area contributed by atoms with Crippen LogP contribution < -0.4 is 10.6 Å². The minimum atomic E-state index is -4.37. The molecular weight excluding hydrogens is 377 g/mol. The molecule has 0 aliphatic carbocycles. The Hall–Kier alpha value is -1.27. The Morgan fingerprint density at radius 1 is 1.26 bits per heavy atom. The molecule has 2 bridgehead atoms. The van der Waals surface area contributed by atoms with Crippen LogP contribution in [-0.4, -0.2) is 18.0 Å². The standard InChI is InChI=1S/C20H27F3N2O.ClH/c1-2-4-18(14-5-3-6-15(12-14)20(21,22)23)25-19(26)11-13-9-16-7-8-17(10-13)24-16;/h3,5-6,12-13,16-18,24H,2,4,7-11H2,1H3,(H,25,26);1H. The van der Waals surface area contributed by atoms with Crippen molar-refractivity contribution < 1.29 is 18.0 Å². The minimum Gasteiger partial charge on any atom is -0.349 e. The number of rotatable bonds is 6. The Kier molecular flexibility index (Phi) is 7.57. The zero-order chi connectivity index (χ0) is 18.7. The van der Waals surface area contributed by atoms with E-state index in [1.807, 2.05) is 6.92 Å². The highest BCUT2D eigenvalue weighted by atomic mass is 35.5. The number of fused-ring (bicyclic) bond motifs is 2. The number of amides is 1. The van der Waals surface area contributed by atoms with E-state index in [0.717, 1.165) is 31.4 Å². The van der Waals surface area contributed by atoms with Gasteiger partial charge >= 0.3 is 6.18 Å². The van der Waals surface area contributed by atoms with Gasteiger partial charge in [0, 0.05) is 18.5 Å².